The van der Waals surface area contributed by atoms with Crippen LogP contribution in [0.3, 0.4) is 0 Å². The number of hydrogen-bond donors (Lipinski definition) is 0. The molecule has 1 saturated heterocycles. The predicted octanol–water partition coefficient (Wildman–Crippen LogP) is 4.91. The summed E-state index contributed by atoms with van der Waals surface area (Å²) in [6, 6.07) is 23.0. The van der Waals surface area contributed by atoms with Crippen molar-refractivity contribution in [3.8, 4) is 11.3 Å². The summed E-state index contributed by atoms with van der Waals surface area (Å²) in [5.41, 5.74) is 3.39. The Balaban J connectivity index is 0.00000225. The van der Waals surface area contributed by atoms with Crippen molar-refractivity contribution in [2.75, 3.05) is 37.6 Å². The Morgan fingerprint density at radius 2 is 1.50 bits per heavy atom. The first-order chi connectivity index (χ1) is 13.4. The zero-order valence-corrected chi connectivity index (χ0v) is 17.0. The maximum absolute atomic E-state index is 5.50. The molecule has 148 valence electrons. The number of hydrogen-bond acceptors (Lipinski definition) is 4. The van der Waals surface area contributed by atoms with Gasteiger partial charge >= 0.3 is 0 Å². The van der Waals surface area contributed by atoms with Gasteiger partial charge in [-0.05, 0) is 31.5 Å². The van der Waals surface area contributed by atoms with Crippen molar-refractivity contribution < 1.29 is 4.52 Å². The molecular weight excluding hydrogens is 370 g/mol. The van der Waals surface area contributed by atoms with Gasteiger partial charge in [0.1, 0.15) is 11.5 Å². The van der Waals surface area contributed by atoms with Crippen LogP contribution < -0.4 is 4.90 Å². The van der Waals surface area contributed by atoms with Crippen molar-refractivity contribution in [1.82, 2.24) is 10.1 Å². The van der Waals surface area contributed by atoms with Gasteiger partial charge in [0.25, 0.3) is 0 Å². The van der Waals surface area contributed by atoms with E-state index < -0.39 is 0 Å². The summed E-state index contributed by atoms with van der Waals surface area (Å²) in [7, 11) is 0. The molecule has 4 nitrogen and oxygen atoms in total. The molecule has 28 heavy (non-hydrogen) atoms. The Morgan fingerprint density at radius 3 is 2.21 bits per heavy atom. The molecule has 0 aliphatic carbocycles. The fourth-order valence-electron chi connectivity index (χ4n) is 3.68. The number of aromatic nitrogens is 1. The highest BCUT2D eigenvalue weighted by molar-refractivity contribution is 5.85. The highest BCUT2D eigenvalue weighted by atomic mass is 35.5. The summed E-state index contributed by atoms with van der Waals surface area (Å²) < 4.78 is 5.50. The summed E-state index contributed by atoms with van der Waals surface area (Å²) in [6.45, 7) is 5.70. The predicted molar refractivity (Wildman–Crippen MR) is 117 cm³/mol. The monoisotopic (exact) mass is 397 g/mol. The smallest absolute Gasteiger partial charge is 0.137 e. The van der Waals surface area contributed by atoms with Crippen molar-refractivity contribution in [1.29, 1.82) is 0 Å². The molecule has 0 bridgehead atoms. The van der Waals surface area contributed by atoms with E-state index in [1.807, 2.05) is 18.2 Å². The van der Waals surface area contributed by atoms with Crippen LogP contribution in [0.25, 0.3) is 11.3 Å². The molecule has 0 N–H and O–H groups in total. The first-order valence-electron chi connectivity index (χ1n) is 9.92. The van der Waals surface area contributed by atoms with Crippen LogP contribution in [-0.4, -0.2) is 42.8 Å². The van der Waals surface area contributed by atoms with Crippen molar-refractivity contribution in [2.45, 2.75) is 19.3 Å². The molecule has 1 fully saturated rings. The van der Waals surface area contributed by atoms with Crippen LogP contribution in [0.5, 0.6) is 0 Å². The Bertz CT molecular complexity index is 814. The van der Waals surface area contributed by atoms with Gasteiger partial charge in [0.05, 0.1) is 0 Å². The van der Waals surface area contributed by atoms with Gasteiger partial charge in [-0.3, -0.25) is 4.90 Å². The summed E-state index contributed by atoms with van der Waals surface area (Å²) in [5, 5.41) is 4.20. The van der Waals surface area contributed by atoms with Crippen molar-refractivity contribution >= 4 is 18.1 Å². The van der Waals surface area contributed by atoms with E-state index in [0.29, 0.717) is 0 Å². The van der Waals surface area contributed by atoms with Crippen LogP contribution >= 0.6 is 12.4 Å². The van der Waals surface area contributed by atoms with Gasteiger partial charge < -0.3 is 9.42 Å². The SMILES string of the molecule is Cl.c1ccc(-c2cc(CCCCN3CCN(c4ccccc4)CC3)on2)cc1. The molecule has 5 heteroatoms. The number of halogens is 1. The summed E-state index contributed by atoms with van der Waals surface area (Å²) in [6.07, 6.45) is 3.30. The molecule has 0 unspecified atom stereocenters. The minimum atomic E-state index is 0. The Hall–Kier alpha value is -2.30. The van der Waals surface area contributed by atoms with E-state index in [0.717, 1.165) is 56.0 Å². The number of para-hydroxylation sites is 1. The number of piperazine rings is 1. The molecule has 0 spiro atoms. The molecule has 3 aromatic rings. The summed E-state index contributed by atoms with van der Waals surface area (Å²) in [4.78, 5) is 5.06. The van der Waals surface area contributed by atoms with Crippen LogP contribution in [-0.2, 0) is 6.42 Å². The number of nitrogens with zero attached hydrogens (tertiary/aromatic N) is 3. The van der Waals surface area contributed by atoms with Crippen LogP contribution in [0.2, 0.25) is 0 Å². The third-order valence-electron chi connectivity index (χ3n) is 5.27. The Labute approximate surface area is 173 Å². The average Bonchev–Trinajstić information content (AvgIpc) is 3.22. The van der Waals surface area contributed by atoms with E-state index in [9.17, 15) is 0 Å². The van der Waals surface area contributed by atoms with Crippen LogP contribution in [0.4, 0.5) is 5.69 Å². The van der Waals surface area contributed by atoms with Crippen LogP contribution in [0.15, 0.2) is 71.3 Å². The van der Waals surface area contributed by atoms with E-state index in [4.69, 9.17) is 4.52 Å². The summed E-state index contributed by atoms with van der Waals surface area (Å²) >= 11 is 0. The second-order valence-corrected chi connectivity index (χ2v) is 7.17. The molecule has 0 atom stereocenters. The number of anilines is 1. The standard InChI is InChI=1S/C23H27N3O.ClH/c1-3-9-20(10-4-1)23-19-22(27-24-23)13-7-8-14-25-15-17-26(18-16-25)21-11-5-2-6-12-21;/h1-6,9-12,19H,7-8,13-18H2;1H. The third kappa shape index (κ3) is 5.37. The zero-order chi connectivity index (χ0) is 18.3. The second-order valence-electron chi connectivity index (χ2n) is 7.17. The number of aryl methyl sites for hydroxylation is 1. The fraction of sp³-hybridized carbons (Fsp3) is 0.348. The first-order valence-corrected chi connectivity index (χ1v) is 9.92. The zero-order valence-electron chi connectivity index (χ0n) is 16.2. The van der Waals surface area contributed by atoms with E-state index >= 15 is 0 Å². The lowest BCUT2D eigenvalue weighted by atomic mass is 10.1. The second kappa shape index (κ2) is 10.3. The third-order valence-corrected chi connectivity index (χ3v) is 5.27. The number of unbranched alkanes of at least 4 members (excludes halogenated alkanes) is 1. The molecule has 1 aliphatic rings. The largest absolute Gasteiger partial charge is 0.369 e. The Morgan fingerprint density at radius 1 is 0.821 bits per heavy atom. The van der Waals surface area contributed by atoms with Crippen LogP contribution in [0, 0.1) is 0 Å². The lowest BCUT2D eigenvalue weighted by Gasteiger charge is -2.36. The molecular formula is C23H28ClN3O. The van der Waals surface area contributed by atoms with Gasteiger partial charge in [-0.2, -0.15) is 0 Å². The van der Waals surface area contributed by atoms with Gasteiger partial charge in [0.2, 0.25) is 0 Å². The van der Waals surface area contributed by atoms with Gasteiger partial charge in [0, 0.05) is 49.9 Å². The molecule has 1 aromatic heterocycles. The van der Waals surface area contributed by atoms with Gasteiger partial charge in [0.15, 0.2) is 0 Å². The van der Waals surface area contributed by atoms with Gasteiger partial charge in [-0.1, -0.05) is 53.7 Å². The van der Waals surface area contributed by atoms with Crippen molar-refractivity contribution in [2.24, 2.45) is 0 Å². The van der Waals surface area contributed by atoms with Gasteiger partial charge in [-0.25, -0.2) is 0 Å². The molecule has 4 rings (SSSR count). The number of rotatable bonds is 7. The quantitative estimate of drug-likeness (QED) is 0.530. The van der Waals surface area contributed by atoms with Crippen molar-refractivity contribution in [3.05, 3.63) is 72.5 Å². The molecule has 2 aromatic carbocycles. The minimum Gasteiger partial charge on any atom is -0.369 e. The highest BCUT2D eigenvalue weighted by Gasteiger charge is 2.16. The highest BCUT2D eigenvalue weighted by Crippen LogP contribution is 2.20. The fourth-order valence-corrected chi connectivity index (χ4v) is 3.68. The first kappa shape index (κ1) is 20.4. The normalized spacial score (nSPS) is 14.6. The van der Waals surface area contributed by atoms with Gasteiger partial charge in [-0.15, -0.1) is 12.4 Å². The maximum Gasteiger partial charge on any atom is 0.137 e. The molecule has 0 amide bonds. The topological polar surface area (TPSA) is 32.5 Å². The summed E-state index contributed by atoms with van der Waals surface area (Å²) in [5.74, 6) is 0.989. The molecule has 0 radical (unpaired) electrons. The number of benzene rings is 2. The lowest BCUT2D eigenvalue weighted by Crippen LogP contribution is -2.46. The van der Waals surface area contributed by atoms with E-state index in [1.165, 1.54) is 18.7 Å². The average molecular weight is 398 g/mol. The van der Waals surface area contributed by atoms with Crippen molar-refractivity contribution in [3.63, 3.8) is 0 Å². The minimum absolute atomic E-state index is 0. The molecule has 0 saturated carbocycles. The lowest BCUT2D eigenvalue weighted by molar-refractivity contribution is 0.251. The van der Waals surface area contributed by atoms with E-state index in [-0.39, 0.29) is 12.4 Å². The van der Waals surface area contributed by atoms with E-state index in [1.54, 1.807) is 0 Å². The van der Waals surface area contributed by atoms with Crippen LogP contribution in [0.1, 0.15) is 18.6 Å². The molecule has 1 aliphatic heterocycles. The Kier molecular flexibility index (Phi) is 7.52. The maximum atomic E-state index is 5.50. The molecule has 2 heterocycles. The van der Waals surface area contributed by atoms with E-state index in [2.05, 4.69) is 63.5 Å².